The van der Waals surface area contributed by atoms with E-state index in [4.69, 9.17) is 0 Å². The van der Waals surface area contributed by atoms with Gasteiger partial charge >= 0.3 is 6.03 Å². The SMILES string of the molecule is CC(C)(O)C(=O)N1CC=C(c2ccc(NC(=O)N3Cc4cc(F)cc(F)c4C3)cc2)CC1. The van der Waals surface area contributed by atoms with Crippen molar-refractivity contribution in [2.75, 3.05) is 18.4 Å². The average Bonchev–Trinajstić information content (AvgIpc) is 3.18. The van der Waals surface area contributed by atoms with Crippen LogP contribution in [0.2, 0.25) is 0 Å². The Labute approximate surface area is 185 Å². The Bertz CT molecular complexity index is 1090. The van der Waals surface area contributed by atoms with Gasteiger partial charge in [-0.3, -0.25) is 4.79 Å². The number of urea groups is 1. The fourth-order valence-corrected chi connectivity index (χ4v) is 4.04. The Balaban J connectivity index is 1.37. The zero-order valence-corrected chi connectivity index (χ0v) is 18.0. The van der Waals surface area contributed by atoms with Gasteiger partial charge in [-0.1, -0.05) is 18.2 Å². The quantitative estimate of drug-likeness (QED) is 0.759. The molecule has 0 unspecified atom stereocenters. The minimum absolute atomic E-state index is 0.0954. The highest BCUT2D eigenvalue weighted by Gasteiger charge is 2.30. The summed E-state index contributed by atoms with van der Waals surface area (Å²) in [6.07, 6.45) is 2.64. The summed E-state index contributed by atoms with van der Waals surface area (Å²) in [5, 5.41) is 12.7. The monoisotopic (exact) mass is 441 g/mol. The molecular weight excluding hydrogens is 416 g/mol. The summed E-state index contributed by atoms with van der Waals surface area (Å²) in [5.41, 5.74) is 2.12. The zero-order chi connectivity index (χ0) is 23.0. The van der Waals surface area contributed by atoms with E-state index in [9.17, 15) is 23.5 Å². The molecule has 0 atom stereocenters. The molecule has 6 nitrogen and oxygen atoms in total. The van der Waals surface area contributed by atoms with E-state index in [0.29, 0.717) is 36.3 Å². The van der Waals surface area contributed by atoms with Crippen LogP contribution in [0.4, 0.5) is 19.3 Å². The molecule has 2 heterocycles. The van der Waals surface area contributed by atoms with E-state index in [1.807, 2.05) is 18.2 Å². The number of hydrogen-bond donors (Lipinski definition) is 2. The van der Waals surface area contributed by atoms with E-state index in [2.05, 4.69) is 5.32 Å². The summed E-state index contributed by atoms with van der Waals surface area (Å²) >= 11 is 0. The van der Waals surface area contributed by atoms with Crippen molar-refractivity contribution in [3.8, 4) is 0 Å². The standard InChI is InChI=1S/C24H25F2N3O3/c1-24(2,32)22(30)28-9-7-16(8-10-28)15-3-5-19(6-4-15)27-23(31)29-13-17-11-18(25)12-21(26)20(17)14-29/h3-7,11-12,32H,8-10,13-14H2,1-2H3,(H,27,31). The van der Waals surface area contributed by atoms with E-state index < -0.39 is 17.2 Å². The van der Waals surface area contributed by atoms with Gasteiger partial charge in [0.1, 0.15) is 17.2 Å². The van der Waals surface area contributed by atoms with Crippen molar-refractivity contribution >= 4 is 23.2 Å². The highest BCUT2D eigenvalue weighted by atomic mass is 19.1. The number of anilines is 1. The number of carbonyl (C=O) groups excluding carboxylic acids is 2. The van der Waals surface area contributed by atoms with Gasteiger partial charge in [0.2, 0.25) is 0 Å². The van der Waals surface area contributed by atoms with E-state index >= 15 is 0 Å². The number of amides is 3. The van der Waals surface area contributed by atoms with Gasteiger partial charge < -0.3 is 20.2 Å². The van der Waals surface area contributed by atoms with E-state index in [0.717, 1.165) is 17.2 Å². The van der Waals surface area contributed by atoms with Gasteiger partial charge in [0.05, 0.1) is 6.54 Å². The third kappa shape index (κ3) is 4.50. The molecule has 2 aliphatic rings. The highest BCUT2D eigenvalue weighted by molar-refractivity contribution is 5.90. The molecule has 3 amide bonds. The maximum Gasteiger partial charge on any atom is 0.322 e. The minimum Gasteiger partial charge on any atom is -0.381 e. The molecule has 2 N–H and O–H groups in total. The fraction of sp³-hybridized carbons (Fsp3) is 0.333. The summed E-state index contributed by atoms with van der Waals surface area (Å²) in [7, 11) is 0. The van der Waals surface area contributed by atoms with Crippen LogP contribution in [0.5, 0.6) is 0 Å². The van der Waals surface area contributed by atoms with Crippen molar-refractivity contribution in [1.82, 2.24) is 9.80 Å². The first kappa shape index (κ1) is 22.0. The molecule has 32 heavy (non-hydrogen) atoms. The Kier molecular flexibility index (Phi) is 5.73. The molecule has 0 bridgehead atoms. The first-order chi connectivity index (χ1) is 15.1. The van der Waals surface area contributed by atoms with Crippen molar-refractivity contribution in [2.24, 2.45) is 0 Å². The van der Waals surface area contributed by atoms with Crippen LogP contribution in [0.25, 0.3) is 5.57 Å². The summed E-state index contributed by atoms with van der Waals surface area (Å²) in [6, 6.07) is 9.06. The average molecular weight is 441 g/mol. The van der Waals surface area contributed by atoms with Crippen LogP contribution < -0.4 is 5.32 Å². The number of rotatable bonds is 3. The molecular formula is C24H25F2N3O3. The van der Waals surface area contributed by atoms with E-state index in [1.54, 1.807) is 17.0 Å². The van der Waals surface area contributed by atoms with Gasteiger partial charge in [-0.25, -0.2) is 13.6 Å². The van der Waals surface area contributed by atoms with Crippen LogP contribution in [-0.4, -0.2) is 45.5 Å². The lowest BCUT2D eigenvalue weighted by Gasteiger charge is -2.31. The number of nitrogens with one attached hydrogen (secondary N) is 1. The molecule has 8 heteroatoms. The smallest absolute Gasteiger partial charge is 0.322 e. The molecule has 168 valence electrons. The molecule has 0 saturated carbocycles. The molecule has 0 saturated heterocycles. The number of hydrogen-bond acceptors (Lipinski definition) is 3. The predicted octanol–water partition coefficient (Wildman–Crippen LogP) is 3.90. The lowest BCUT2D eigenvalue weighted by Crippen LogP contribution is -2.46. The zero-order valence-electron chi connectivity index (χ0n) is 18.0. The minimum atomic E-state index is -1.39. The van der Waals surface area contributed by atoms with Gasteiger partial charge in [0.25, 0.3) is 5.91 Å². The van der Waals surface area contributed by atoms with E-state index in [-0.39, 0.29) is 25.0 Å². The number of nitrogens with zero attached hydrogens (tertiary/aromatic N) is 2. The second-order valence-electron chi connectivity index (χ2n) is 8.68. The Morgan fingerprint density at radius 1 is 1.06 bits per heavy atom. The first-order valence-corrected chi connectivity index (χ1v) is 10.5. The molecule has 4 rings (SSSR count). The van der Waals surface area contributed by atoms with Crippen molar-refractivity contribution in [2.45, 2.75) is 39.0 Å². The molecule has 2 aromatic rings. The molecule has 0 fully saturated rings. The maximum absolute atomic E-state index is 13.9. The highest BCUT2D eigenvalue weighted by Crippen LogP contribution is 2.28. The van der Waals surface area contributed by atoms with Gasteiger partial charge in [-0.2, -0.15) is 0 Å². The van der Waals surface area contributed by atoms with Crippen molar-refractivity contribution in [3.05, 3.63) is 70.8 Å². The van der Waals surface area contributed by atoms with Gasteiger partial charge in [0.15, 0.2) is 0 Å². The van der Waals surface area contributed by atoms with Crippen LogP contribution in [0, 0.1) is 11.6 Å². The number of benzene rings is 2. The topological polar surface area (TPSA) is 72.9 Å². The second-order valence-corrected chi connectivity index (χ2v) is 8.68. The molecule has 2 aliphatic heterocycles. The van der Waals surface area contributed by atoms with Crippen LogP contribution in [0.3, 0.4) is 0 Å². The Morgan fingerprint density at radius 3 is 2.41 bits per heavy atom. The van der Waals surface area contributed by atoms with Crippen LogP contribution in [0.1, 0.15) is 37.0 Å². The normalized spacial score (nSPS) is 16.0. The lowest BCUT2D eigenvalue weighted by atomic mass is 9.98. The maximum atomic E-state index is 13.9. The largest absolute Gasteiger partial charge is 0.381 e. The van der Waals surface area contributed by atoms with Crippen molar-refractivity contribution in [3.63, 3.8) is 0 Å². The molecule has 0 aromatic heterocycles. The fourth-order valence-electron chi connectivity index (χ4n) is 4.04. The van der Waals surface area contributed by atoms with Crippen molar-refractivity contribution in [1.29, 1.82) is 0 Å². The van der Waals surface area contributed by atoms with Crippen LogP contribution in [-0.2, 0) is 17.9 Å². The summed E-state index contributed by atoms with van der Waals surface area (Å²) < 4.78 is 27.3. The van der Waals surface area contributed by atoms with Gasteiger partial charge in [0, 0.05) is 37.0 Å². The first-order valence-electron chi connectivity index (χ1n) is 10.5. The summed E-state index contributed by atoms with van der Waals surface area (Å²) in [6.45, 7) is 4.18. The number of fused-ring (bicyclic) bond motifs is 1. The summed E-state index contributed by atoms with van der Waals surface area (Å²) in [5.74, 6) is -1.58. The van der Waals surface area contributed by atoms with Crippen molar-refractivity contribution < 1.29 is 23.5 Å². The lowest BCUT2D eigenvalue weighted by molar-refractivity contribution is -0.147. The van der Waals surface area contributed by atoms with Crippen LogP contribution >= 0.6 is 0 Å². The number of carbonyl (C=O) groups is 2. The summed E-state index contributed by atoms with van der Waals surface area (Å²) in [4.78, 5) is 27.8. The predicted molar refractivity (Wildman–Crippen MR) is 117 cm³/mol. The third-order valence-corrected chi connectivity index (χ3v) is 5.78. The molecule has 0 radical (unpaired) electrons. The number of aliphatic hydroxyl groups is 1. The third-order valence-electron chi connectivity index (χ3n) is 5.78. The molecule has 0 aliphatic carbocycles. The Morgan fingerprint density at radius 2 is 1.78 bits per heavy atom. The molecule has 0 spiro atoms. The Hall–Kier alpha value is -3.26. The van der Waals surface area contributed by atoms with Gasteiger partial charge in [-0.15, -0.1) is 0 Å². The van der Waals surface area contributed by atoms with E-state index in [1.165, 1.54) is 24.8 Å². The van der Waals surface area contributed by atoms with Crippen LogP contribution in [0.15, 0.2) is 42.5 Å². The number of halogens is 2. The second kappa shape index (κ2) is 8.35. The molecule has 2 aromatic carbocycles. The van der Waals surface area contributed by atoms with Gasteiger partial charge in [-0.05, 0) is 55.2 Å².